The van der Waals surface area contributed by atoms with Gasteiger partial charge in [0.15, 0.2) is 0 Å². The third-order valence-electron chi connectivity index (χ3n) is 3.54. The van der Waals surface area contributed by atoms with Gasteiger partial charge in [-0.2, -0.15) is 0 Å². The molecule has 2 N–H and O–H groups in total. The predicted molar refractivity (Wildman–Crippen MR) is 103 cm³/mol. The molecule has 4 nitrogen and oxygen atoms in total. The highest BCUT2D eigenvalue weighted by atomic mass is 35.5. The zero-order chi connectivity index (χ0) is 18.1. The summed E-state index contributed by atoms with van der Waals surface area (Å²) in [6.45, 7) is 3.99. The second-order valence-corrected chi connectivity index (χ2v) is 6.37. The smallest absolute Gasteiger partial charge is 0.246 e. The molecule has 0 bridgehead atoms. The highest BCUT2D eigenvalue weighted by molar-refractivity contribution is 6.35. The maximum absolute atomic E-state index is 12.8. The maximum Gasteiger partial charge on any atom is 0.246 e. The summed E-state index contributed by atoms with van der Waals surface area (Å²) in [4.78, 5) is 12.8. The molecule has 134 valence electrons. The van der Waals surface area contributed by atoms with Crippen molar-refractivity contribution < 1.29 is 9.53 Å². The van der Waals surface area contributed by atoms with Crippen LogP contribution in [0.2, 0.25) is 10.0 Å². The van der Waals surface area contributed by atoms with Crippen LogP contribution >= 0.6 is 23.2 Å². The van der Waals surface area contributed by atoms with Crippen molar-refractivity contribution in [2.75, 3.05) is 25.1 Å². The number of amides is 1. The number of ether oxygens (including phenoxy) is 1. The minimum atomic E-state index is -0.472. The molecule has 1 amide bonds. The van der Waals surface area contributed by atoms with E-state index in [9.17, 15) is 4.79 Å². The van der Waals surface area contributed by atoms with E-state index in [-0.39, 0.29) is 5.91 Å². The molecule has 0 unspecified atom stereocenters. The monoisotopic (exact) mass is 380 g/mol. The van der Waals surface area contributed by atoms with Gasteiger partial charge < -0.3 is 15.4 Å². The molecule has 25 heavy (non-hydrogen) atoms. The number of nitrogens with one attached hydrogen (secondary N) is 2. The Bertz CT molecular complexity index is 660. The molecule has 0 heterocycles. The van der Waals surface area contributed by atoms with E-state index >= 15 is 0 Å². The van der Waals surface area contributed by atoms with Gasteiger partial charge in [0.2, 0.25) is 5.91 Å². The first-order valence-corrected chi connectivity index (χ1v) is 8.98. The van der Waals surface area contributed by atoms with Crippen LogP contribution in [0.25, 0.3) is 0 Å². The fraction of sp³-hybridized carbons (Fsp3) is 0.316. The van der Waals surface area contributed by atoms with Gasteiger partial charge in [0.05, 0.1) is 0 Å². The lowest BCUT2D eigenvalue weighted by Gasteiger charge is -2.19. The SMILES string of the molecule is CCOCCCN[C@H](C(=O)Nc1cc(Cl)cc(Cl)c1)c1ccccc1. The van der Waals surface area contributed by atoms with Crippen molar-refractivity contribution in [3.05, 3.63) is 64.1 Å². The average Bonchev–Trinajstić information content (AvgIpc) is 2.58. The van der Waals surface area contributed by atoms with Gasteiger partial charge in [-0.25, -0.2) is 0 Å². The molecule has 0 spiro atoms. The Balaban J connectivity index is 2.06. The fourth-order valence-electron chi connectivity index (χ4n) is 2.41. The first-order chi connectivity index (χ1) is 12.1. The van der Waals surface area contributed by atoms with Crippen LogP contribution in [0.3, 0.4) is 0 Å². The summed E-state index contributed by atoms with van der Waals surface area (Å²) >= 11 is 12.0. The van der Waals surface area contributed by atoms with Crippen LogP contribution in [0.1, 0.15) is 24.9 Å². The van der Waals surface area contributed by atoms with Crippen molar-refractivity contribution in [2.24, 2.45) is 0 Å². The summed E-state index contributed by atoms with van der Waals surface area (Å²) in [6, 6.07) is 14.1. The Morgan fingerprint density at radius 2 is 1.80 bits per heavy atom. The molecule has 0 saturated heterocycles. The van der Waals surface area contributed by atoms with E-state index in [0.29, 0.717) is 35.5 Å². The molecule has 1 atom stereocenters. The zero-order valence-corrected chi connectivity index (χ0v) is 15.6. The number of carbonyl (C=O) groups excluding carboxylic acids is 1. The van der Waals surface area contributed by atoms with Crippen LogP contribution in [0.15, 0.2) is 48.5 Å². The third kappa shape index (κ3) is 6.67. The number of anilines is 1. The summed E-state index contributed by atoms with van der Waals surface area (Å²) in [6.07, 6.45) is 0.827. The number of carbonyl (C=O) groups is 1. The number of hydrogen-bond acceptors (Lipinski definition) is 3. The van der Waals surface area contributed by atoms with Gasteiger partial charge in [0.1, 0.15) is 6.04 Å². The topological polar surface area (TPSA) is 50.4 Å². The maximum atomic E-state index is 12.8. The summed E-state index contributed by atoms with van der Waals surface area (Å²) < 4.78 is 5.33. The van der Waals surface area contributed by atoms with E-state index < -0.39 is 6.04 Å². The number of halogens is 2. The van der Waals surface area contributed by atoms with Crippen LogP contribution < -0.4 is 10.6 Å². The second kappa shape index (κ2) is 10.4. The van der Waals surface area contributed by atoms with Crippen molar-refractivity contribution in [1.82, 2.24) is 5.32 Å². The van der Waals surface area contributed by atoms with Crippen molar-refractivity contribution in [3.8, 4) is 0 Å². The zero-order valence-electron chi connectivity index (χ0n) is 14.1. The first-order valence-electron chi connectivity index (χ1n) is 8.23. The Labute approximate surface area is 158 Å². The van der Waals surface area contributed by atoms with Crippen LogP contribution in [0, 0.1) is 0 Å². The Morgan fingerprint density at radius 1 is 1.12 bits per heavy atom. The highest BCUT2D eigenvalue weighted by Gasteiger charge is 2.20. The minimum Gasteiger partial charge on any atom is -0.382 e. The molecule has 0 aliphatic heterocycles. The van der Waals surface area contributed by atoms with Crippen LogP contribution in [-0.2, 0) is 9.53 Å². The molecule has 0 saturated carbocycles. The Kier molecular flexibility index (Phi) is 8.22. The van der Waals surface area contributed by atoms with Gasteiger partial charge in [-0.05, 0) is 43.7 Å². The molecular weight excluding hydrogens is 359 g/mol. The number of rotatable bonds is 9. The largest absolute Gasteiger partial charge is 0.382 e. The second-order valence-electron chi connectivity index (χ2n) is 5.50. The van der Waals surface area contributed by atoms with E-state index in [2.05, 4.69) is 10.6 Å². The number of benzene rings is 2. The van der Waals surface area contributed by atoms with E-state index in [1.54, 1.807) is 18.2 Å². The van der Waals surface area contributed by atoms with Gasteiger partial charge in [-0.15, -0.1) is 0 Å². The van der Waals surface area contributed by atoms with Crippen LogP contribution in [-0.4, -0.2) is 25.7 Å². The van der Waals surface area contributed by atoms with E-state index in [1.807, 2.05) is 37.3 Å². The van der Waals surface area contributed by atoms with Crippen molar-refractivity contribution in [1.29, 1.82) is 0 Å². The molecule has 0 aliphatic rings. The van der Waals surface area contributed by atoms with Crippen molar-refractivity contribution in [3.63, 3.8) is 0 Å². The molecule has 0 aliphatic carbocycles. The first kappa shape index (κ1) is 19.7. The van der Waals surface area contributed by atoms with E-state index in [0.717, 1.165) is 12.0 Å². The van der Waals surface area contributed by atoms with E-state index in [1.165, 1.54) is 0 Å². The molecular formula is C19H22Cl2N2O2. The Hall–Kier alpha value is -1.59. The van der Waals surface area contributed by atoms with Gasteiger partial charge in [-0.3, -0.25) is 4.79 Å². The van der Waals surface area contributed by atoms with Gasteiger partial charge in [0.25, 0.3) is 0 Å². The fourth-order valence-corrected chi connectivity index (χ4v) is 2.94. The molecule has 0 radical (unpaired) electrons. The van der Waals surface area contributed by atoms with E-state index in [4.69, 9.17) is 27.9 Å². The lowest BCUT2D eigenvalue weighted by atomic mass is 10.1. The van der Waals surface area contributed by atoms with Gasteiger partial charge in [-0.1, -0.05) is 53.5 Å². The average molecular weight is 381 g/mol. The predicted octanol–water partition coefficient (Wildman–Crippen LogP) is 4.69. The summed E-state index contributed by atoms with van der Waals surface area (Å²) in [5, 5.41) is 7.11. The van der Waals surface area contributed by atoms with Crippen LogP contribution in [0.4, 0.5) is 5.69 Å². The standard InChI is InChI=1S/C19H22Cl2N2O2/c1-2-25-10-6-9-22-18(14-7-4-3-5-8-14)19(24)23-17-12-15(20)11-16(21)13-17/h3-5,7-8,11-13,18,22H,2,6,9-10H2,1H3,(H,23,24)/t18-/m0/s1. The van der Waals surface area contributed by atoms with Crippen molar-refractivity contribution >= 4 is 34.8 Å². The highest BCUT2D eigenvalue weighted by Crippen LogP contribution is 2.24. The lowest BCUT2D eigenvalue weighted by Crippen LogP contribution is -2.34. The van der Waals surface area contributed by atoms with Crippen LogP contribution in [0.5, 0.6) is 0 Å². The summed E-state index contributed by atoms with van der Waals surface area (Å²) in [5.41, 5.74) is 1.46. The molecule has 2 rings (SSSR count). The normalized spacial score (nSPS) is 12.0. The molecule has 2 aromatic rings. The van der Waals surface area contributed by atoms with Crippen molar-refractivity contribution in [2.45, 2.75) is 19.4 Å². The quantitative estimate of drug-likeness (QED) is 0.620. The molecule has 2 aromatic carbocycles. The molecule has 0 aromatic heterocycles. The summed E-state index contributed by atoms with van der Waals surface area (Å²) in [5.74, 6) is -0.166. The lowest BCUT2D eigenvalue weighted by molar-refractivity contribution is -0.118. The molecule has 0 fully saturated rings. The van der Waals surface area contributed by atoms with Gasteiger partial charge >= 0.3 is 0 Å². The summed E-state index contributed by atoms with van der Waals surface area (Å²) in [7, 11) is 0. The molecule has 6 heteroatoms. The van der Waals surface area contributed by atoms with Gasteiger partial charge in [0, 0.05) is 28.9 Å². The Morgan fingerprint density at radius 3 is 2.44 bits per heavy atom. The minimum absolute atomic E-state index is 0.166. The number of hydrogen-bond donors (Lipinski definition) is 2. The third-order valence-corrected chi connectivity index (χ3v) is 3.98.